The van der Waals surface area contributed by atoms with Crippen LogP contribution < -0.4 is 16.0 Å². The molecular formula is C23H24ClN3O2S2. The standard InChI is InChI=1S/C23H24ClN3O2S2/c1-5-13-9-11-14(12-10-13)20(28)26-22(30)25-16-8-6-7-15-17(24)19(31-18(15)16)21(29)27-23(2,3)4/h6-12H,5H2,1-4H3,(H,27,29)(H2,25,26,28,30). The number of amides is 2. The predicted molar refractivity (Wildman–Crippen MR) is 134 cm³/mol. The Labute approximate surface area is 196 Å². The molecule has 3 aromatic rings. The second kappa shape index (κ2) is 9.34. The van der Waals surface area contributed by atoms with Crippen molar-refractivity contribution in [3.05, 3.63) is 63.5 Å². The van der Waals surface area contributed by atoms with Gasteiger partial charge in [-0.25, -0.2) is 0 Å². The molecule has 8 heteroatoms. The van der Waals surface area contributed by atoms with Gasteiger partial charge in [-0.05, 0) is 63.2 Å². The molecule has 0 aliphatic heterocycles. The van der Waals surface area contributed by atoms with Crippen molar-refractivity contribution in [2.45, 2.75) is 39.7 Å². The molecule has 0 radical (unpaired) electrons. The van der Waals surface area contributed by atoms with Crippen molar-refractivity contribution in [3.63, 3.8) is 0 Å². The maximum absolute atomic E-state index is 12.6. The highest BCUT2D eigenvalue weighted by atomic mass is 35.5. The number of thiocarbonyl (C=S) groups is 1. The van der Waals surface area contributed by atoms with Crippen molar-refractivity contribution in [1.29, 1.82) is 0 Å². The molecule has 1 aromatic heterocycles. The van der Waals surface area contributed by atoms with Crippen LogP contribution in [0.3, 0.4) is 0 Å². The molecule has 0 aliphatic carbocycles. The van der Waals surface area contributed by atoms with Gasteiger partial charge < -0.3 is 10.6 Å². The van der Waals surface area contributed by atoms with Gasteiger partial charge in [0.2, 0.25) is 0 Å². The summed E-state index contributed by atoms with van der Waals surface area (Å²) in [6, 6.07) is 12.9. The summed E-state index contributed by atoms with van der Waals surface area (Å²) in [4.78, 5) is 25.6. The first-order valence-electron chi connectivity index (χ1n) is 9.84. The molecule has 162 valence electrons. The highest BCUT2D eigenvalue weighted by Crippen LogP contribution is 2.39. The number of fused-ring (bicyclic) bond motifs is 1. The smallest absolute Gasteiger partial charge is 0.263 e. The van der Waals surface area contributed by atoms with Gasteiger partial charge in [0, 0.05) is 16.5 Å². The molecular weight excluding hydrogens is 450 g/mol. The van der Waals surface area contributed by atoms with E-state index in [1.165, 1.54) is 11.3 Å². The Kier molecular flexibility index (Phi) is 6.99. The quantitative estimate of drug-likeness (QED) is 0.420. The second-order valence-corrected chi connectivity index (χ2v) is 9.90. The van der Waals surface area contributed by atoms with Crippen LogP contribution in [0.4, 0.5) is 5.69 Å². The highest BCUT2D eigenvalue weighted by Gasteiger charge is 2.22. The molecule has 2 amide bonds. The molecule has 0 atom stereocenters. The van der Waals surface area contributed by atoms with Crippen LogP contribution in [0.15, 0.2) is 42.5 Å². The van der Waals surface area contributed by atoms with E-state index in [1.54, 1.807) is 12.1 Å². The Bertz CT molecular complexity index is 1150. The summed E-state index contributed by atoms with van der Waals surface area (Å²) in [5, 5.41) is 10.0. The first kappa shape index (κ1) is 23.2. The number of anilines is 1. The summed E-state index contributed by atoms with van der Waals surface area (Å²) in [5.74, 6) is -0.516. The van der Waals surface area contributed by atoms with Crippen LogP contribution in [0.1, 0.15) is 53.3 Å². The zero-order valence-corrected chi connectivity index (χ0v) is 20.1. The van der Waals surface area contributed by atoms with E-state index in [-0.39, 0.29) is 22.5 Å². The topological polar surface area (TPSA) is 70.2 Å². The van der Waals surface area contributed by atoms with Crippen LogP contribution in [0.5, 0.6) is 0 Å². The van der Waals surface area contributed by atoms with E-state index in [0.29, 0.717) is 21.2 Å². The minimum Gasteiger partial charge on any atom is -0.347 e. The Hall–Kier alpha value is -2.48. The first-order chi connectivity index (χ1) is 14.6. The Morgan fingerprint density at radius 1 is 1.06 bits per heavy atom. The minimum atomic E-state index is -0.376. The number of hydrogen-bond acceptors (Lipinski definition) is 4. The molecule has 0 saturated carbocycles. The molecule has 31 heavy (non-hydrogen) atoms. The number of nitrogens with one attached hydrogen (secondary N) is 3. The third-order valence-corrected chi connectivity index (χ3v) is 6.40. The van der Waals surface area contributed by atoms with Crippen molar-refractivity contribution < 1.29 is 9.59 Å². The van der Waals surface area contributed by atoms with E-state index in [0.717, 1.165) is 22.1 Å². The van der Waals surface area contributed by atoms with E-state index < -0.39 is 0 Å². The van der Waals surface area contributed by atoms with Gasteiger partial charge in [0.05, 0.1) is 15.4 Å². The predicted octanol–water partition coefficient (Wildman–Crippen LogP) is 5.77. The van der Waals surface area contributed by atoms with Crippen LogP contribution in [0, 0.1) is 0 Å². The summed E-state index contributed by atoms with van der Waals surface area (Å²) in [7, 11) is 0. The van der Waals surface area contributed by atoms with E-state index >= 15 is 0 Å². The summed E-state index contributed by atoms with van der Waals surface area (Å²) >= 11 is 13.1. The van der Waals surface area contributed by atoms with Gasteiger partial charge in [-0.15, -0.1) is 11.3 Å². The number of carbonyl (C=O) groups excluding carboxylic acids is 2. The SMILES string of the molecule is CCc1ccc(C(=O)NC(=S)Nc2cccc3c(Cl)c(C(=O)NC(C)(C)C)sc23)cc1. The molecule has 0 bridgehead atoms. The van der Waals surface area contributed by atoms with Gasteiger partial charge in [-0.3, -0.25) is 14.9 Å². The van der Waals surface area contributed by atoms with Gasteiger partial charge >= 0.3 is 0 Å². The highest BCUT2D eigenvalue weighted by molar-refractivity contribution is 7.80. The lowest BCUT2D eigenvalue weighted by Gasteiger charge is -2.19. The Morgan fingerprint density at radius 3 is 2.35 bits per heavy atom. The van der Waals surface area contributed by atoms with Gasteiger partial charge in [-0.1, -0.05) is 42.8 Å². The molecule has 0 fully saturated rings. The molecule has 3 rings (SSSR count). The second-order valence-electron chi connectivity index (χ2n) is 8.09. The van der Waals surface area contributed by atoms with Crippen LogP contribution >= 0.6 is 35.2 Å². The largest absolute Gasteiger partial charge is 0.347 e. The van der Waals surface area contributed by atoms with Crippen molar-refractivity contribution >= 4 is 67.9 Å². The fraction of sp³-hybridized carbons (Fsp3) is 0.261. The fourth-order valence-corrected chi connectivity index (χ4v) is 4.63. The minimum absolute atomic E-state index is 0.169. The monoisotopic (exact) mass is 473 g/mol. The molecule has 0 spiro atoms. The zero-order chi connectivity index (χ0) is 22.8. The van der Waals surface area contributed by atoms with Crippen molar-refractivity contribution in [2.24, 2.45) is 0 Å². The molecule has 3 N–H and O–H groups in total. The van der Waals surface area contributed by atoms with Crippen molar-refractivity contribution in [2.75, 3.05) is 5.32 Å². The molecule has 2 aromatic carbocycles. The normalized spacial score (nSPS) is 11.3. The van der Waals surface area contributed by atoms with Crippen LogP contribution in [-0.2, 0) is 6.42 Å². The number of halogens is 1. The summed E-state index contributed by atoms with van der Waals surface area (Å²) in [6.07, 6.45) is 0.908. The number of thiophene rings is 1. The number of hydrogen-bond donors (Lipinski definition) is 3. The zero-order valence-electron chi connectivity index (χ0n) is 17.8. The maximum Gasteiger partial charge on any atom is 0.263 e. The number of rotatable bonds is 4. The Morgan fingerprint density at radius 2 is 1.74 bits per heavy atom. The van der Waals surface area contributed by atoms with Crippen molar-refractivity contribution in [3.8, 4) is 0 Å². The lowest BCUT2D eigenvalue weighted by Crippen LogP contribution is -2.40. The van der Waals surface area contributed by atoms with E-state index in [2.05, 4.69) is 22.9 Å². The van der Waals surface area contributed by atoms with Gasteiger partial charge in [0.25, 0.3) is 11.8 Å². The average molecular weight is 474 g/mol. The lowest BCUT2D eigenvalue weighted by atomic mass is 10.1. The summed E-state index contributed by atoms with van der Waals surface area (Å²) in [6.45, 7) is 7.80. The van der Waals surface area contributed by atoms with Crippen LogP contribution in [-0.4, -0.2) is 22.5 Å². The van der Waals surface area contributed by atoms with E-state index in [1.807, 2.05) is 51.1 Å². The third kappa shape index (κ3) is 5.61. The molecule has 0 unspecified atom stereocenters. The number of aryl methyl sites for hydroxylation is 1. The molecule has 5 nitrogen and oxygen atoms in total. The third-order valence-electron chi connectivity index (χ3n) is 4.45. The van der Waals surface area contributed by atoms with E-state index in [4.69, 9.17) is 23.8 Å². The van der Waals surface area contributed by atoms with E-state index in [9.17, 15) is 9.59 Å². The molecule has 1 heterocycles. The first-order valence-corrected chi connectivity index (χ1v) is 11.4. The average Bonchev–Trinajstić information content (AvgIpc) is 3.04. The summed E-state index contributed by atoms with van der Waals surface area (Å²) in [5.41, 5.74) is 1.98. The lowest BCUT2D eigenvalue weighted by molar-refractivity contribution is 0.0922. The van der Waals surface area contributed by atoms with Crippen LogP contribution in [0.2, 0.25) is 5.02 Å². The van der Waals surface area contributed by atoms with Gasteiger partial charge in [0.1, 0.15) is 4.88 Å². The molecule has 0 aliphatic rings. The number of carbonyl (C=O) groups is 2. The Balaban J connectivity index is 1.79. The van der Waals surface area contributed by atoms with Gasteiger partial charge in [0.15, 0.2) is 5.11 Å². The van der Waals surface area contributed by atoms with Crippen molar-refractivity contribution in [1.82, 2.24) is 10.6 Å². The fourth-order valence-electron chi connectivity index (χ4n) is 2.95. The molecule has 0 saturated heterocycles. The number of benzene rings is 2. The van der Waals surface area contributed by atoms with Crippen LogP contribution in [0.25, 0.3) is 10.1 Å². The maximum atomic E-state index is 12.6. The van der Waals surface area contributed by atoms with Gasteiger partial charge in [-0.2, -0.15) is 0 Å². The summed E-state index contributed by atoms with van der Waals surface area (Å²) < 4.78 is 0.787.